The van der Waals surface area contributed by atoms with Crippen LogP contribution in [0.1, 0.15) is 53.8 Å². The van der Waals surface area contributed by atoms with Crippen LogP contribution in [-0.2, 0) is 4.79 Å². The summed E-state index contributed by atoms with van der Waals surface area (Å²) in [6.45, 7) is 4.40. The van der Waals surface area contributed by atoms with Crippen molar-refractivity contribution in [2.75, 3.05) is 20.1 Å². The van der Waals surface area contributed by atoms with Crippen LogP contribution in [0.4, 0.5) is 0 Å². The Labute approximate surface area is 140 Å². The summed E-state index contributed by atoms with van der Waals surface area (Å²) in [5.41, 5.74) is 2.40. The van der Waals surface area contributed by atoms with Gasteiger partial charge < -0.3 is 14.7 Å². The van der Waals surface area contributed by atoms with E-state index < -0.39 is 0 Å². The molecule has 0 atom stereocenters. The zero-order valence-electron chi connectivity index (χ0n) is 14.3. The van der Waals surface area contributed by atoms with Crippen molar-refractivity contribution in [3.63, 3.8) is 0 Å². The lowest BCUT2D eigenvalue weighted by atomic mass is 10.1. The Kier molecular flexibility index (Phi) is 4.51. The molecule has 2 aromatic heterocycles. The second kappa shape index (κ2) is 6.59. The fourth-order valence-electron chi connectivity index (χ4n) is 2.68. The molecule has 128 valence electrons. The molecule has 24 heavy (non-hydrogen) atoms. The summed E-state index contributed by atoms with van der Waals surface area (Å²) >= 11 is 0. The predicted molar refractivity (Wildman–Crippen MR) is 88.8 cm³/mol. The van der Waals surface area contributed by atoms with Crippen LogP contribution in [0.2, 0.25) is 0 Å². The number of pyridine rings is 1. The van der Waals surface area contributed by atoms with Crippen LogP contribution in [0.15, 0.2) is 10.6 Å². The Hall–Kier alpha value is -2.44. The number of aromatic nitrogens is 2. The quantitative estimate of drug-likeness (QED) is 0.875. The van der Waals surface area contributed by atoms with E-state index in [2.05, 4.69) is 15.5 Å². The highest BCUT2D eigenvalue weighted by Crippen LogP contribution is 2.40. The molecule has 1 aliphatic rings. The first-order chi connectivity index (χ1) is 11.5. The molecule has 7 nitrogen and oxygen atoms in total. The van der Waals surface area contributed by atoms with Gasteiger partial charge in [-0.1, -0.05) is 12.1 Å². The topological polar surface area (TPSA) is 88.3 Å². The fourth-order valence-corrected chi connectivity index (χ4v) is 2.68. The van der Waals surface area contributed by atoms with Crippen molar-refractivity contribution in [2.45, 2.75) is 39.0 Å². The number of carbonyl (C=O) groups is 2. The molecule has 0 spiro atoms. The van der Waals surface area contributed by atoms with Crippen molar-refractivity contribution in [3.8, 4) is 0 Å². The number of hydrogen-bond acceptors (Lipinski definition) is 5. The van der Waals surface area contributed by atoms with Gasteiger partial charge in [-0.2, -0.15) is 0 Å². The normalized spacial score (nSPS) is 14.0. The fraction of sp³-hybridized carbons (Fsp3) is 0.529. The van der Waals surface area contributed by atoms with Gasteiger partial charge in [0.05, 0.1) is 23.2 Å². The molecule has 1 aliphatic carbocycles. The number of carbonyl (C=O) groups excluding carboxylic acids is 2. The smallest absolute Gasteiger partial charge is 0.259 e. The number of fused-ring (bicyclic) bond motifs is 1. The van der Waals surface area contributed by atoms with Gasteiger partial charge in [-0.05, 0) is 32.3 Å². The minimum Gasteiger partial charge on any atom is -0.355 e. The second-order valence-electron chi connectivity index (χ2n) is 6.33. The van der Waals surface area contributed by atoms with Crippen molar-refractivity contribution in [1.29, 1.82) is 0 Å². The molecular weight excluding hydrogens is 308 g/mol. The molecular formula is C17H22N4O3. The third kappa shape index (κ3) is 3.25. The molecule has 0 radical (unpaired) electrons. The Bertz CT molecular complexity index is 779. The molecule has 0 aliphatic heterocycles. The molecule has 3 rings (SSSR count). The SMILES string of the molecule is CCCNC(=O)CN(C)C(=O)c1cc(C2CC2)nc2onc(C)c12. The maximum Gasteiger partial charge on any atom is 0.259 e. The van der Waals surface area contributed by atoms with Crippen LogP contribution in [0.3, 0.4) is 0 Å². The van der Waals surface area contributed by atoms with Crippen molar-refractivity contribution < 1.29 is 14.1 Å². The first kappa shape index (κ1) is 16.4. The lowest BCUT2D eigenvalue weighted by Crippen LogP contribution is -2.38. The van der Waals surface area contributed by atoms with E-state index in [0.29, 0.717) is 34.8 Å². The molecule has 7 heteroatoms. The number of hydrogen-bond donors (Lipinski definition) is 1. The van der Waals surface area contributed by atoms with Gasteiger partial charge in [0.2, 0.25) is 5.91 Å². The first-order valence-electron chi connectivity index (χ1n) is 8.30. The van der Waals surface area contributed by atoms with Crippen LogP contribution in [0.5, 0.6) is 0 Å². The van der Waals surface area contributed by atoms with Gasteiger partial charge in [0.25, 0.3) is 11.6 Å². The van der Waals surface area contributed by atoms with Crippen LogP contribution in [0.25, 0.3) is 11.1 Å². The zero-order chi connectivity index (χ0) is 17.3. The van der Waals surface area contributed by atoms with E-state index in [1.54, 1.807) is 14.0 Å². The molecule has 1 saturated carbocycles. The summed E-state index contributed by atoms with van der Waals surface area (Å²) in [6, 6.07) is 1.83. The number of nitrogens with zero attached hydrogens (tertiary/aromatic N) is 3. The number of nitrogens with one attached hydrogen (secondary N) is 1. The van der Waals surface area contributed by atoms with Crippen LogP contribution < -0.4 is 5.32 Å². The summed E-state index contributed by atoms with van der Waals surface area (Å²) in [5.74, 6) is 0.00854. The van der Waals surface area contributed by atoms with E-state index >= 15 is 0 Å². The lowest BCUT2D eigenvalue weighted by Gasteiger charge is -2.17. The van der Waals surface area contributed by atoms with E-state index in [1.807, 2.05) is 13.0 Å². The Morgan fingerprint density at radius 2 is 2.17 bits per heavy atom. The summed E-state index contributed by atoms with van der Waals surface area (Å²) < 4.78 is 5.26. The van der Waals surface area contributed by atoms with Crippen molar-refractivity contribution in [2.24, 2.45) is 0 Å². The van der Waals surface area contributed by atoms with Crippen LogP contribution in [-0.4, -0.2) is 47.0 Å². The third-order valence-corrected chi connectivity index (χ3v) is 4.16. The van der Waals surface area contributed by atoms with Crippen LogP contribution >= 0.6 is 0 Å². The zero-order valence-corrected chi connectivity index (χ0v) is 14.3. The number of amides is 2. The molecule has 0 unspecified atom stereocenters. The average molecular weight is 330 g/mol. The molecule has 1 N–H and O–H groups in total. The molecule has 2 heterocycles. The Morgan fingerprint density at radius 1 is 1.42 bits per heavy atom. The lowest BCUT2D eigenvalue weighted by molar-refractivity contribution is -0.121. The first-order valence-corrected chi connectivity index (χ1v) is 8.30. The minimum absolute atomic E-state index is 0.0196. The predicted octanol–water partition coefficient (Wildman–Crippen LogP) is 2.01. The van der Waals surface area contributed by atoms with Gasteiger partial charge >= 0.3 is 0 Å². The highest BCUT2D eigenvalue weighted by Gasteiger charge is 2.29. The highest BCUT2D eigenvalue weighted by molar-refractivity contribution is 6.06. The molecule has 0 bridgehead atoms. The molecule has 1 fully saturated rings. The van der Waals surface area contributed by atoms with E-state index in [0.717, 1.165) is 25.0 Å². The standard InChI is InChI=1S/C17H22N4O3/c1-4-7-18-14(22)9-21(3)17(23)12-8-13(11-5-6-11)19-16-15(12)10(2)20-24-16/h8,11H,4-7,9H2,1-3H3,(H,18,22). The highest BCUT2D eigenvalue weighted by atomic mass is 16.5. The average Bonchev–Trinajstić information content (AvgIpc) is 3.35. The van der Waals surface area contributed by atoms with E-state index in [1.165, 1.54) is 4.90 Å². The summed E-state index contributed by atoms with van der Waals surface area (Å²) in [7, 11) is 1.62. The van der Waals surface area contributed by atoms with Gasteiger partial charge in [-0.15, -0.1) is 0 Å². The molecule has 2 aromatic rings. The number of rotatable bonds is 6. The van der Waals surface area contributed by atoms with Gasteiger partial charge in [-0.25, -0.2) is 4.98 Å². The van der Waals surface area contributed by atoms with Crippen molar-refractivity contribution in [3.05, 3.63) is 23.0 Å². The van der Waals surface area contributed by atoms with Crippen molar-refractivity contribution in [1.82, 2.24) is 20.4 Å². The van der Waals surface area contributed by atoms with Gasteiger partial charge in [0.1, 0.15) is 0 Å². The van der Waals surface area contributed by atoms with E-state index in [9.17, 15) is 9.59 Å². The Balaban J connectivity index is 1.88. The summed E-state index contributed by atoms with van der Waals surface area (Å²) in [6.07, 6.45) is 3.02. The van der Waals surface area contributed by atoms with E-state index in [4.69, 9.17) is 4.52 Å². The molecule has 0 aromatic carbocycles. The van der Waals surface area contributed by atoms with Crippen molar-refractivity contribution >= 4 is 22.9 Å². The van der Waals surface area contributed by atoms with Gasteiger partial charge in [-0.3, -0.25) is 9.59 Å². The molecule has 0 saturated heterocycles. The Morgan fingerprint density at radius 3 is 2.83 bits per heavy atom. The minimum atomic E-state index is -0.220. The second-order valence-corrected chi connectivity index (χ2v) is 6.33. The summed E-state index contributed by atoms with van der Waals surface area (Å²) in [5, 5.41) is 7.34. The molecule has 2 amide bonds. The largest absolute Gasteiger partial charge is 0.355 e. The van der Waals surface area contributed by atoms with E-state index in [-0.39, 0.29) is 18.4 Å². The number of likely N-dealkylation sites (N-methyl/N-ethyl adjacent to an activating group) is 1. The number of aryl methyl sites for hydroxylation is 1. The van der Waals surface area contributed by atoms with Crippen LogP contribution in [0, 0.1) is 6.92 Å². The monoisotopic (exact) mass is 330 g/mol. The van der Waals surface area contributed by atoms with Gasteiger partial charge in [0, 0.05) is 25.2 Å². The maximum atomic E-state index is 12.9. The third-order valence-electron chi connectivity index (χ3n) is 4.16. The summed E-state index contributed by atoms with van der Waals surface area (Å²) in [4.78, 5) is 30.6. The maximum absolute atomic E-state index is 12.9. The van der Waals surface area contributed by atoms with Gasteiger partial charge in [0.15, 0.2) is 0 Å².